The van der Waals surface area contributed by atoms with Crippen molar-refractivity contribution in [3.05, 3.63) is 42.2 Å². The quantitative estimate of drug-likeness (QED) is 0.553. The maximum absolute atomic E-state index is 12.2. The zero-order valence-electron chi connectivity index (χ0n) is 14.4. The molecule has 0 bridgehead atoms. The lowest BCUT2D eigenvalue weighted by atomic mass is 10.2. The van der Waals surface area contributed by atoms with E-state index in [1.54, 1.807) is 34.9 Å². The van der Waals surface area contributed by atoms with Crippen molar-refractivity contribution in [1.82, 2.24) is 28.9 Å². The van der Waals surface area contributed by atoms with Gasteiger partial charge in [-0.3, -0.25) is 4.40 Å². The SMILES string of the molecule is CN(C)S(=O)(=O)c1ccc(-c2csc(-c3cnc4nncn4c3N)n2)cc1. The number of hydrogen-bond donors (Lipinski definition) is 1. The Morgan fingerprint density at radius 2 is 1.93 bits per heavy atom. The number of rotatable bonds is 4. The minimum absolute atomic E-state index is 0.234. The standard InChI is InChI=1S/C16H15N7O2S2/c1-22(2)27(24,25)11-5-3-10(4-6-11)13-8-26-15(20-13)12-7-18-16-21-19-9-23(16)14(12)17/h3-9H,17H2,1-2H3. The van der Waals surface area contributed by atoms with Crippen LogP contribution in [0.5, 0.6) is 0 Å². The van der Waals surface area contributed by atoms with E-state index < -0.39 is 10.0 Å². The number of benzene rings is 1. The molecule has 0 aliphatic heterocycles. The number of thiazole rings is 1. The molecule has 0 aliphatic carbocycles. The molecular formula is C16H15N7O2S2. The summed E-state index contributed by atoms with van der Waals surface area (Å²) in [5.41, 5.74) is 8.40. The average molecular weight is 401 g/mol. The largest absolute Gasteiger partial charge is 0.384 e. The van der Waals surface area contributed by atoms with Gasteiger partial charge in [-0.15, -0.1) is 21.5 Å². The Hall–Kier alpha value is -2.89. The summed E-state index contributed by atoms with van der Waals surface area (Å²) in [7, 11) is -0.456. The van der Waals surface area contributed by atoms with Crippen LogP contribution in [0.2, 0.25) is 0 Å². The molecule has 2 N–H and O–H groups in total. The first-order valence-corrected chi connectivity index (χ1v) is 10.1. The maximum Gasteiger partial charge on any atom is 0.256 e. The van der Waals surface area contributed by atoms with Crippen LogP contribution in [-0.4, -0.2) is 51.4 Å². The van der Waals surface area contributed by atoms with Crippen molar-refractivity contribution < 1.29 is 8.42 Å². The molecular weight excluding hydrogens is 386 g/mol. The summed E-state index contributed by atoms with van der Waals surface area (Å²) in [6.07, 6.45) is 3.12. The topological polar surface area (TPSA) is 119 Å². The van der Waals surface area contributed by atoms with Crippen LogP contribution in [0.3, 0.4) is 0 Å². The number of anilines is 1. The van der Waals surface area contributed by atoms with E-state index in [1.807, 2.05) is 5.38 Å². The molecule has 3 aromatic heterocycles. The summed E-state index contributed by atoms with van der Waals surface area (Å²) >= 11 is 1.43. The summed E-state index contributed by atoms with van der Waals surface area (Å²) in [5.74, 6) is 0.879. The van der Waals surface area contributed by atoms with Crippen LogP contribution in [0.4, 0.5) is 5.82 Å². The third kappa shape index (κ3) is 2.95. The molecule has 4 rings (SSSR count). The fourth-order valence-corrected chi connectivity index (χ4v) is 4.26. The van der Waals surface area contributed by atoms with Crippen LogP contribution in [0.1, 0.15) is 0 Å². The smallest absolute Gasteiger partial charge is 0.256 e. The van der Waals surface area contributed by atoms with Crippen LogP contribution >= 0.6 is 11.3 Å². The lowest BCUT2D eigenvalue weighted by Crippen LogP contribution is -2.22. The summed E-state index contributed by atoms with van der Waals surface area (Å²) in [6.45, 7) is 0. The van der Waals surface area contributed by atoms with Crippen molar-refractivity contribution in [1.29, 1.82) is 0 Å². The third-order valence-corrected chi connectivity index (χ3v) is 6.74. The van der Waals surface area contributed by atoms with E-state index in [2.05, 4.69) is 20.2 Å². The number of fused-ring (bicyclic) bond motifs is 1. The first kappa shape index (κ1) is 17.5. The van der Waals surface area contributed by atoms with Crippen LogP contribution in [0, 0.1) is 0 Å². The van der Waals surface area contributed by atoms with Crippen LogP contribution in [-0.2, 0) is 10.0 Å². The lowest BCUT2D eigenvalue weighted by molar-refractivity contribution is 0.521. The van der Waals surface area contributed by atoms with Crippen molar-refractivity contribution in [2.45, 2.75) is 4.90 Å². The molecule has 27 heavy (non-hydrogen) atoms. The second-order valence-corrected chi connectivity index (χ2v) is 8.92. The Morgan fingerprint density at radius 3 is 2.63 bits per heavy atom. The van der Waals surface area contributed by atoms with E-state index >= 15 is 0 Å². The predicted octanol–water partition coefficient (Wildman–Crippen LogP) is 1.75. The maximum atomic E-state index is 12.2. The van der Waals surface area contributed by atoms with Gasteiger partial charge in [-0.05, 0) is 12.1 Å². The van der Waals surface area contributed by atoms with Gasteiger partial charge in [-0.2, -0.15) is 0 Å². The summed E-state index contributed by atoms with van der Waals surface area (Å²) in [4.78, 5) is 9.07. The average Bonchev–Trinajstić information content (AvgIpc) is 3.32. The highest BCUT2D eigenvalue weighted by atomic mass is 32.2. The normalized spacial score (nSPS) is 12.1. The van der Waals surface area contributed by atoms with Gasteiger partial charge in [-0.1, -0.05) is 12.1 Å². The Labute approximate surface area is 159 Å². The molecule has 0 unspecified atom stereocenters. The summed E-state index contributed by atoms with van der Waals surface area (Å²) in [6, 6.07) is 6.62. The zero-order chi connectivity index (χ0) is 19.2. The molecule has 0 amide bonds. The molecule has 4 aromatic rings. The molecule has 3 heterocycles. The van der Waals surface area contributed by atoms with E-state index in [9.17, 15) is 8.42 Å². The van der Waals surface area contributed by atoms with Crippen molar-refractivity contribution in [3.8, 4) is 21.8 Å². The Kier molecular flexibility index (Phi) is 4.13. The van der Waals surface area contributed by atoms with E-state index in [4.69, 9.17) is 5.73 Å². The lowest BCUT2D eigenvalue weighted by Gasteiger charge is -2.11. The molecule has 0 fully saturated rings. The molecule has 138 valence electrons. The third-order valence-electron chi connectivity index (χ3n) is 4.04. The minimum atomic E-state index is -3.46. The number of nitrogens with two attached hydrogens (primary N) is 1. The second kappa shape index (κ2) is 6.37. The molecule has 9 nitrogen and oxygen atoms in total. The van der Waals surface area contributed by atoms with Crippen molar-refractivity contribution >= 4 is 33.0 Å². The fraction of sp³-hybridized carbons (Fsp3) is 0.125. The number of nitrogen functional groups attached to an aromatic ring is 1. The predicted molar refractivity (Wildman–Crippen MR) is 103 cm³/mol. The van der Waals surface area contributed by atoms with E-state index in [1.165, 1.54) is 36.1 Å². The second-order valence-electron chi connectivity index (χ2n) is 5.91. The highest BCUT2D eigenvalue weighted by Crippen LogP contribution is 2.32. The number of nitrogens with zero attached hydrogens (tertiary/aromatic N) is 6. The molecule has 0 aliphatic rings. The van der Waals surface area contributed by atoms with Crippen LogP contribution in [0.25, 0.3) is 27.6 Å². The van der Waals surface area contributed by atoms with Gasteiger partial charge in [0.15, 0.2) is 0 Å². The van der Waals surface area contributed by atoms with Gasteiger partial charge in [-0.25, -0.2) is 22.7 Å². The fourth-order valence-electron chi connectivity index (χ4n) is 2.51. The summed E-state index contributed by atoms with van der Waals surface area (Å²) < 4.78 is 27.1. The number of aromatic nitrogens is 5. The monoisotopic (exact) mass is 401 g/mol. The van der Waals surface area contributed by atoms with Gasteiger partial charge in [0.2, 0.25) is 10.0 Å². The Bertz CT molecular complexity index is 1230. The van der Waals surface area contributed by atoms with Crippen molar-refractivity contribution in [2.75, 3.05) is 19.8 Å². The zero-order valence-corrected chi connectivity index (χ0v) is 16.1. The number of hydrogen-bond acceptors (Lipinski definition) is 8. The highest BCUT2D eigenvalue weighted by Gasteiger charge is 2.18. The van der Waals surface area contributed by atoms with Gasteiger partial charge >= 0.3 is 0 Å². The van der Waals surface area contributed by atoms with Gasteiger partial charge in [0.25, 0.3) is 5.78 Å². The first-order chi connectivity index (χ1) is 12.9. The minimum Gasteiger partial charge on any atom is -0.384 e. The summed E-state index contributed by atoms with van der Waals surface area (Å²) in [5, 5.41) is 10.2. The van der Waals surface area contributed by atoms with Gasteiger partial charge in [0, 0.05) is 31.2 Å². The van der Waals surface area contributed by atoms with Gasteiger partial charge < -0.3 is 5.73 Å². The van der Waals surface area contributed by atoms with Crippen molar-refractivity contribution in [3.63, 3.8) is 0 Å². The Morgan fingerprint density at radius 1 is 1.19 bits per heavy atom. The van der Waals surface area contributed by atoms with Gasteiger partial charge in [0.05, 0.1) is 16.2 Å². The molecule has 11 heteroatoms. The molecule has 0 radical (unpaired) electrons. The van der Waals surface area contributed by atoms with E-state index in [-0.39, 0.29) is 4.90 Å². The van der Waals surface area contributed by atoms with Gasteiger partial charge in [0.1, 0.15) is 17.2 Å². The Balaban J connectivity index is 1.69. The number of sulfonamides is 1. The molecule has 0 atom stereocenters. The first-order valence-electron chi connectivity index (χ1n) is 7.81. The highest BCUT2D eigenvalue weighted by molar-refractivity contribution is 7.89. The van der Waals surface area contributed by atoms with Crippen molar-refractivity contribution in [2.24, 2.45) is 0 Å². The molecule has 0 spiro atoms. The van der Waals surface area contributed by atoms with Crippen LogP contribution < -0.4 is 5.73 Å². The van der Waals surface area contributed by atoms with E-state index in [0.29, 0.717) is 22.2 Å². The van der Waals surface area contributed by atoms with Crippen LogP contribution in [0.15, 0.2) is 47.1 Å². The molecule has 0 saturated heterocycles. The molecule has 0 saturated carbocycles. The molecule has 1 aromatic carbocycles. The van der Waals surface area contributed by atoms with E-state index in [0.717, 1.165) is 11.3 Å².